The average molecular weight is 365 g/mol. The third-order valence-corrected chi connectivity index (χ3v) is 5.01. The van der Waals surface area contributed by atoms with Crippen molar-refractivity contribution in [2.75, 3.05) is 47.6 Å². The summed E-state index contributed by atoms with van der Waals surface area (Å²) in [6.45, 7) is 4.02. The Morgan fingerprint density at radius 2 is 1.80 bits per heavy atom. The molecule has 1 saturated heterocycles. The van der Waals surface area contributed by atoms with E-state index in [9.17, 15) is 0 Å². The Morgan fingerprint density at radius 1 is 1.12 bits per heavy atom. The summed E-state index contributed by atoms with van der Waals surface area (Å²) in [6.07, 6.45) is 1.88. The highest BCUT2D eigenvalue weighted by Crippen LogP contribution is 2.42. The van der Waals surface area contributed by atoms with Gasteiger partial charge in [0.2, 0.25) is 5.75 Å². The smallest absolute Gasteiger partial charge is 0.203 e. The normalized spacial score (nSPS) is 15.2. The molecule has 1 aliphatic heterocycles. The maximum absolute atomic E-state index is 5.42. The molecule has 3 rings (SSSR count). The van der Waals surface area contributed by atoms with Gasteiger partial charge in [-0.05, 0) is 12.1 Å². The summed E-state index contributed by atoms with van der Waals surface area (Å²) in [4.78, 5) is 5.57. The summed E-state index contributed by atoms with van der Waals surface area (Å²) in [5.41, 5.74) is 4.39. The van der Waals surface area contributed by atoms with Crippen molar-refractivity contribution < 1.29 is 18.9 Å². The fourth-order valence-electron chi connectivity index (χ4n) is 2.65. The molecule has 0 radical (unpaired) electrons. The molecule has 2 heterocycles. The standard InChI is InChI=1S/C17H23N3O4S/c1-21-13-8-12(9-14(22-2)17(13)23-3)15-10-18-16(25-15)11-19-20-4-6-24-7-5-20/h8-10,19H,4-7,11H2,1-3H3. The maximum atomic E-state index is 5.42. The zero-order valence-electron chi connectivity index (χ0n) is 14.7. The zero-order valence-corrected chi connectivity index (χ0v) is 15.5. The summed E-state index contributed by atoms with van der Waals surface area (Å²) >= 11 is 1.64. The van der Waals surface area contributed by atoms with E-state index in [0.717, 1.165) is 41.8 Å². The minimum Gasteiger partial charge on any atom is -0.493 e. The number of hydrazine groups is 1. The van der Waals surface area contributed by atoms with Gasteiger partial charge in [-0.25, -0.2) is 15.4 Å². The van der Waals surface area contributed by atoms with Crippen molar-refractivity contribution in [1.82, 2.24) is 15.4 Å². The fourth-order valence-corrected chi connectivity index (χ4v) is 3.49. The summed E-state index contributed by atoms with van der Waals surface area (Å²) in [7, 11) is 4.83. The Hall–Kier alpha value is -1.87. The van der Waals surface area contributed by atoms with Gasteiger partial charge in [0.05, 0.1) is 46.0 Å². The van der Waals surface area contributed by atoms with Crippen LogP contribution in [-0.2, 0) is 11.3 Å². The number of morpholine rings is 1. The number of hydrogen-bond acceptors (Lipinski definition) is 8. The van der Waals surface area contributed by atoms with Crippen molar-refractivity contribution in [3.8, 4) is 27.7 Å². The third-order valence-electron chi connectivity index (χ3n) is 3.97. The van der Waals surface area contributed by atoms with Gasteiger partial charge in [-0.15, -0.1) is 11.3 Å². The average Bonchev–Trinajstić information content (AvgIpc) is 3.15. The molecule has 0 atom stereocenters. The second kappa shape index (κ2) is 8.48. The molecule has 1 aromatic carbocycles. The summed E-state index contributed by atoms with van der Waals surface area (Å²) in [6, 6.07) is 3.88. The number of nitrogens with one attached hydrogen (secondary N) is 1. The molecule has 25 heavy (non-hydrogen) atoms. The van der Waals surface area contributed by atoms with Crippen LogP contribution in [0.3, 0.4) is 0 Å². The number of benzene rings is 1. The Bertz CT molecular complexity index is 676. The van der Waals surface area contributed by atoms with Crippen molar-refractivity contribution in [2.45, 2.75) is 6.54 Å². The lowest BCUT2D eigenvalue weighted by Gasteiger charge is -2.26. The van der Waals surface area contributed by atoms with Gasteiger partial charge >= 0.3 is 0 Å². The number of hydrogen-bond donors (Lipinski definition) is 1. The maximum Gasteiger partial charge on any atom is 0.203 e. The minimum absolute atomic E-state index is 0.590. The van der Waals surface area contributed by atoms with Gasteiger partial charge in [0.15, 0.2) is 11.5 Å². The molecule has 1 fully saturated rings. The Labute approximate surface area is 151 Å². The van der Waals surface area contributed by atoms with E-state index in [1.165, 1.54) is 0 Å². The molecular weight excluding hydrogens is 342 g/mol. The molecule has 0 bridgehead atoms. The van der Waals surface area contributed by atoms with Gasteiger partial charge in [-0.1, -0.05) is 0 Å². The quantitative estimate of drug-likeness (QED) is 0.807. The van der Waals surface area contributed by atoms with Crippen LogP contribution in [0.5, 0.6) is 17.2 Å². The van der Waals surface area contributed by atoms with Gasteiger partial charge in [0, 0.05) is 24.8 Å². The van der Waals surface area contributed by atoms with Gasteiger partial charge < -0.3 is 18.9 Å². The van der Waals surface area contributed by atoms with Crippen LogP contribution in [-0.4, -0.2) is 57.6 Å². The van der Waals surface area contributed by atoms with E-state index in [1.54, 1.807) is 32.7 Å². The lowest BCUT2D eigenvalue weighted by molar-refractivity contribution is 0.0105. The monoisotopic (exact) mass is 365 g/mol. The molecule has 0 spiro atoms. The van der Waals surface area contributed by atoms with E-state index in [0.29, 0.717) is 23.8 Å². The lowest BCUT2D eigenvalue weighted by Crippen LogP contribution is -2.45. The van der Waals surface area contributed by atoms with Gasteiger partial charge in [-0.3, -0.25) is 0 Å². The highest BCUT2D eigenvalue weighted by molar-refractivity contribution is 7.15. The van der Waals surface area contributed by atoms with E-state index in [2.05, 4.69) is 15.4 Å². The number of thiazole rings is 1. The van der Waals surface area contributed by atoms with Gasteiger partial charge in [-0.2, -0.15) is 0 Å². The van der Waals surface area contributed by atoms with Crippen molar-refractivity contribution in [3.63, 3.8) is 0 Å². The molecule has 8 heteroatoms. The molecule has 1 aliphatic rings. The highest BCUT2D eigenvalue weighted by Gasteiger charge is 2.16. The first-order valence-electron chi connectivity index (χ1n) is 8.06. The van der Waals surface area contributed by atoms with E-state index >= 15 is 0 Å². The van der Waals surface area contributed by atoms with Gasteiger partial charge in [0.25, 0.3) is 0 Å². The van der Waals surface area contributed by atoms with Crippen molar-refractivity contribution in [3.05, 3.63) is 23.3 Å². The minimum atomic E-state index is 0.590. The molecular formula is C17H23N3O4S. The van der Waals surface area contributed by atoms with Crippen LogP contribution in [0, 0.1) is 0 Å². The van der Waals surface area contributed by atoms with Crippen molar-refractivity contribution >= 4 is 11.3 Å². The van der Waals surface area contributed by atoms with E-state index in [4.69, 9.17) is 18.9 Å². The molecule has 7 nitrogen and oxygen atoms in total. The molecule has 1 N–H and O–H groups in total. The van der Waals surface area contributed by atoms with Crippen LogP contribution in [0.1, 0.15) is 5.01 Å². The Kier molecular flexibility index (Phi) is 6.09. The van der Waals surface area contributed by atoms with Crippen molar-refractivity contribution in [1.29, 1.82) is 0 Å². The third kappa shape index (κ3) is 4.21. The van der Waals surface area contributed by atoms with Crippen LogP contribution < -0.4 is 19.6 Å². The topological polar surface area (TPSA) is 65.1 Å². The van der Waals surface area contributed by atoms with Crippen LogP contribution in [0.2, 0.25) is 0 Å². The molecule has 0 saturated carbocycles. The second-order valence-corrected chi connectivity index (χ2v) is 6.58. The highest BCUT2D eigenvalue weighted by atomic mass is 32.1. The van der Waals surface area contributed by atoms with Crippen LogP contribution in [0.25, 0.3) is 10.4 Å². The largest absolute Gasteiger partial charge is 0.493 e. The predicted octanol–water partition coefficient (Wildman–Crippen LogP) is 2.17. The molecule has 2 aromatic rings. The lowest BCUT2D eigenvalue weighted by atomic mass is 10.1. The van der Waals surface area contributed by atoms with Crippen LogP contribution >= 0.6 is 11.3 Å². The number of aromatic nitrogens is 1. The SMILES string of the molecule is COc1cc(-c2cnc(CNN3CCOCC3)s2)cc(OC)c1OC. The molecule has 1 aromatic heterocycles. The Morgan fingerprint density at radius 3 is 2.40 bits per heavy atom. The first-order chi connectivity index (χ1) is 12.2. The molecule has 0 aliphatic carbocycles. The van der Waals surface area contributed by atoms with Crippen LogP contribution in [0.4, 0.5) is 0 Å². The number of ether oxygens (including phenoxy) is 4. The Balaban J connectivity index is 1.74. The first kappa shape index (κ1) is 17.9. The second-order valence-electron chi connectivity index (χ2n) is 5.47. The summed E-state index contributed by atoms with van der Waals surface area (Å²) in [5, 5.41) is 3.19. The summed E-state index contributed by atoms with van der Waals surface area (Å²) in [5.74, 6) is 1.86. The van der Waals surface area contributed by atoms with Gasteiger partial charge in [0.1, 0.15) is 5.01 Å². The number of nitrogens with zero attached hydrogens (tertiary/aromatic N) is 2. The number of rotatable bonds is 7. The van der Waals surface area contributed by atoms with E-state index in [1.807, 2.05) is 18.3 Å². The van der Waals surface area contributed by atoms with Crippen LogP contribution in [0.15, 0.2) is 18.3 Å². The van der Waals surface area contributed by atoms with E-state index < -0.39 is 0 Å². The van der Waals surface area contributed by atoms with Crippen molar-refractivity contribution in [2.24, 2.45) is 0 Å². The molecule has 136 valence electrons. The number of methoxy groups -OCH3 is 3. The van der Waals surface area contributed by atoms with E-state index in [-0.39, 0.29) is 0 Å². The molecule has 0 amide bonds. The molecule has 0 unspecified atom stereocenters. The first-order valence-corrected chi connectivity index (χ1v) is 8.88. The fraction of sp³-hybridized carbons (Fsp3) is 0.471. The summed E-state index contributed by atoms with van der Waals surface area (Å²) < 4.78 is 21.6. The predicted molar refractivity (Wildman–Crippen MR) is 96.4 cm³/mol. The zero-order chi connectivity index (χ0) is 17.6.